The van der Waals surface area contributed by atoms with E-state index in [4.69, 9.17) is 10.5 Å². The Morgan fingerprint density at radius 3 is 2.49 bits per heavy atom. The summed E-state index contributed by atoms with van der Waals surface area (Å²) in [6, 6.07) is 18.1. The lowest BCUT2D eigenvalue weighted by Crippen LogP contribution is -2.18. The number of alkyl halides is 3. The number of aromatic nitrogens is 3. The molecule has 0 aliphatic rings. The summed E-state index contributed by atoms with van der Waals surface area (Å²) in [4.78, 5) is 29.0. The number of thiophene rings is 1. The number of hydrogen-bond acceptors (Lipinski definition) is 6. The van der Waals surface area contributed by atoms with Crippen LogP contribution in [0.4, 0.5) is 18.9 Å². The molecule has 2 amide bonds. The number of amides is 2. The number of halogens is 3. The molecule has 0 saturated carbocycles. The van der Waals surface area contributed by atoms with E-state index in [0.29, 0.717) is 22.6 Å². The summed E-state index contributed by atoms with van der Waals surface area (Å²) >= 11 is 0.675. The second kappa shape index (κ2) is 10.2. The van der Waals surface area contributed by atoms with Crippen LogP contribution < -0.4 is 15.8 Å². The Balaban J connectivity index is 1.52. The van der Waals surface area contributed by atoms with Gasteiger partial charge in [-0.3, -0.25) is 9.59 Å². The van der Waals surface area contributed by atoms with Gasteiger partial charge in [0.1, 0.15) is 21.2 Å². The van der Waals surface area contributed by atoms with E-state index in [1.807, 2.05) is 31.2 Å². The van der Waals surface area contributed by atoms with Crippen LogP contribution >= 0.6 is 11.3 Å². The molecule has 3 aromatic heterocycles. The Bertz CT molecular complexity index is 1700. The second-order valence-corrected chi connectivity index (χ2v) is 9.50. The number of aryl methyl sites for hydroxylation is 1. The van der Waals surface area contributed by atoms with Gasteiger partial charge in [0.05, 0.1) is 5.69 Å². The number of para-hydroxylation sites is 1. The summed E-state index contributed by atoms with van der Waals surface area (Å²) < 4.78 is 48.1. The molecule has 0 aliphatic carbocycles. The van der Waals surface area contributed by atoms with E-state index >= 15 is 0 Å². The summed E-state index contributed by atoms with van der Waals surface area (Å²) in [6.45, 7) is 1.93. The van der Waals surface area contributed by atoms with E-state index in [9.17, 15) is 22.8 Å². The van der Waals surface area contributed by atoms with Gasteiger partial charge in [-0.1, -0.05) is 48.5 Å². The number of fused-ring (bicyclic) bond motifs is 1. The molecule has 3 N–H and O–H groups in total. The number of pyridine rings is 1. The maximum absolute atomic E-state index is 13.7. The van der Waals surface area contributed by atoms with Gasteiger partial charge < -0.3 is 15.8 Å². The van der Waals surface area contributed by atoms with Gasteiger partial charge in [0.15, 0.2) is 12.4 Å². The Morgan fingerprint density at radius 2 is 1.79 bits per heavy atom. The number of hydrogen-bond donors (Lipinski definition) is 2. The Labute approximate surface area is 223 Å². The highest BCUT2D eigenvalue weighted by Gasteiger charge is 2.35. The van der Waals surface area contributed by atoms with Crippen LogP contribution in [0.2, 0.25) is 0 Å². The molecular weight excluding hydrogens is 531 g/mol. The van der Waals surface area contributed by atoms with Crippen LogP contribution in [0.3, 0.4) is 0 Å². The maximum Gasteiger partial charge on any atom is 0.433 e. The summed E-state index contributed by atoms with van der Waals surface area (Å²) in [5, 5.41) is 7.02. The third kappa shape index (κ3) is 5.32. The summed E-state index contributed by atoms with van der Waals surface area (Å²) in [7, 11) is 0. The molecule has 2 aromatic carbocycles. The van der Waals surface area contributed by atoms with Gasteiger partial charge in [0.25, 0.3) is 11.8 Å². The van der Waals surface area contributed by atoms with Gasteiger partial charge in [-0.15, -0.1) is 11.3 Å². The smallest absolute Gasteiger partial charge is 0.433 e. The highest BCUT2D eigenvalue weighted by Crippen LogP contribution is 2.43. The van der Waals surface area contributed by atoms with E-state index in [1.54, 1.807) is 36.5 Å². The fraction of sp³-hybridized carbons (Fsp3) is 0.111. The van der Waals surface area contributed by atoms with Gasteiger partial charge in [0.2, 0.25) is 0 Å². The molecule has 198 valence electrons. The third-order valence-corrected chi connectivity index (χ3v) is 6.92. The van der Waals surface area contributed by atoms with Crippen LogP contribution in [0.15, 0.2) is 72.9 Å². The molecule has 5 aromatic rings. The quantitative estimate of drug-likeness (QED) is 0.263. The van der Waals surface area contributed by atoms with Crippen molar-refractivity contribution < 1.29 is 27.5 Å². The fourth-order valence-electron chi connectivity index (χ4n) is 3.97. The molecule has 0 atom stereocenters. The average Bonchev–Trinajstić information content (AvgIpc) is 3.53. The van der Waals surface area contributed by atoms with Crippen molar-refractivity contribution in [3.05, 3.63) is 94.8 Å². The topological polar surface area (TPSA) is 112 Å². The number of nitrogens with two attached hydrogens (primary N) is 1. The second-order valence-electron chi connectivity index (χ2n) is 8.50. The zero-order chi connectivity index (χ0) is 27.7. The number of ether oxygens (including phenoxy) is 1. The van der Waals surface area contributed by atoms with Gasteiger partial charge in [0, 0.05) is 11.6 Å². The number of carbonyl (C=O) groups is 2. The Kier molecular flexibility index (Phi) is 6.79. The minimum atomic E-state index is -4.73. The molecule has 0 bridgehead atoms. The molecule has 0 unspecified atom stereocenters. The predicted molar refractivity (Wildman–Crippen MR) is 141 cm³/mol. The maximum atomic E-state index is 13.7. The van der Waals surface area contributed by atoms with E-state index in [1.165, 1.54) is 10.7 Å². The van der Waals surface area contributed by atoms with Crippen LogP contribution in [0.5, 0.6) is 5.75 Å². The van der Waals surface area contributed by atoms with Crippen LogP contribution in [0, 0.1) is 6.92 Å². The van der Waals surface area contributed by atoms with Crippen molar-refractivity contribution in [1.82, 2.24) is 14.8 Å². The zero-order valence-electron chi connectivity index (χ0n) is 20.3. The largest absolute Gasteiger partial charge is 0.471 e. The van der Waals surface area contributed by atoms with Gasteiger partial charge in [-0.05, 0) is 41.8 Å². The number of carbonyl (C=O) groups excluding carboxylic acids is 2. The normalized spacial score (nSPS) is 11.5. The molecule has 0 aliphatic heterocycles. The molecule has 0 fully saturated rings. The number of anilines is 1. The number of benzene rings is 2. The number of rotatable bonds is 7. The molecule has 3 heterocycles. The first kappa shape index (κ1) is 25.9. The van der Waals surface area contributed by atoms with Gasteiger partial charge in [-0.25, -0.2) is 9.67 Å². The molecule has 12 heteroatoms. The van der Waals surface area contributed by atoms with Crippen molar-refractivity contribution in [3.63, 3.8) is 0 Å². The van der Waals surface area contributed by atoms with E-state index in [2.05, 4.69) is 15.4 Å². The van der Waals surface area contributed by atoms with Crippen LogP contribution in [0.1, 0.15) is 31.4 Å². The van der Waals surface area contributed by atoms with Crippen molar-refractivity contribution in [2.24, 2.45) is 5.73 Å². The van der Waals surface area contributed by atoms with Crippen molar-refractivity contribution in [2.75, 3.05) is 5.32 Å². The van der Waals surface area contributed by atoms with Gasteiger partial charge >= 0.3 is 6.18 Å². The van der Waals surface area contributed by atoms with Crippen LogP contribution in [0.25, 0.3) is 21.3 Å². The number of primary amides is 1. The highest BCUT2D eigenvalue weighted by molar-refractivity contribution is 7.21. The van der Waals surface area contributed by atoms with E-state index < -0.39 is 23.7 Å². The molecule has 8 nitrogen and oxygen atoms in total. The molecule has 0 radical (unpaired) electrons. The first-order valence-electron chi connectivity index (χ1n) is 11.5. The lowest BCUT2D eigenvalue weighted by Gasteiger charge is -2.12. The molecule has 0 spiro atoms. The van der Waals surface area contributed by atoms with E-state index in [0.717, 1.165) is 11.6 Å². The monoisotopic (exact) mass is 551 g/mol. The Morgan fingerprint density at radius 1 is 1.08 bits per heavy atom. The SMILES string of the molecule is Cc1ccccc1OCn1ccc(C(=O)Nc2c(C(N)=O)sc3nc(C(F)(F)F)cc(-c4ccccc4)c23)n1. The standard InChI is InChI=1S/C27H20F3N5O3S/c1-15-7-5-6-10-19(15)38-14-35-12-11-18(34-35)25(37)33-22-21-17(16-8-3-2-4-9-16)13-20(27(28,29)30)32-26(21)39-23(22)24(31)36/h2-13H,14H2,1H3,(H2,31,36)(H,33,37). The highest BCUT2D eigenvalue weighted by atomic mass is 32.1. The lowest BCUT2D eigenvalue weighted by atomic mass is 10.0. The fourth-order valence-corrected chi connectivity index (χ4v) is 4.98. The summed E-state index contributed by atoms with van der Waals surface area (Å²) in [6.07, 6.45) is -3.19. The first-order valence-corrected chi connectivity index (χ1v) is 12.4. The van der Waals surface area contributed by atoms with Gasteiger partial charge in [-0.2, -0.15) is 18.3 Å². The third-order valence-electron chi connectivity index (χ3n) is 5.82. The number of nitrogens with one attached hydrogen (secondary N) is 1. The van der Waals surface area contributed by atoms with Crippen molar-refractivity contribution in [2.45, 2.75) is 19.8 Å². The van der Waals surface area contributed by atoms with Crippen LogP contribution in [-0.4, -0.2) is 26.6 Å². The molecule has 5 rings (SSSR count). The summed E-state index contributed by atoms with van der Waals surface area (Å²) in [5.41, 5.74) is 5.91. The molecule has 0 saturated heterocycles. The van der Waals surface area contributed by atoms with Crippen molar-refractivity contribution >= 4 is 39.1 Å². The Hall–Kier alpha value is -4.71. The molecule has 39 heavy (non-hydrogen) atoms. The zero-order valence-corrected chi connectivity index (χ0v) is 21.1. The van der Waals surface area contributed by atoms with Crippen LogP contribution in [-0.2, 0) is 12.9 Å². The molecular formula is C27H20F3N5O3S. The predicted octanol–water partition coefficient (Wildman–Crippen LogP) is 5.87. The minimum Gasteiger partial charge on any atom is -0.471 e. The minimum absolute atomic E-state index is 0.000661. The van der Waals surface area contributed by atoms with Crippen molar-refractivity contribution in [1.29, 1.82) is 0 Å². The number of nitrogens with zero attached hydrogens (tertiary/aromatic N) is 3. The average molecular weight is 552 g/mol. The lowest BCUT2D eigenvalue weighted by molar-refractivity contribution is -0.140. The first-order chi connectivity index (χ1) is 18.6. The summed E-state index contributed by atoms with van der Waals surface area (Å²) in [5.74, 6) is -0.946. The van der Waals surface area contributed by atoms with Crippen molar-refractivity contribution in [3.8, 4) is 16.9 Å². The van der Waals surface area contributed by atoms with E-state index in [-0.39, 0.29) is 38.8 Å².